The zero-order chi connectivity index (χ0) is 19.9. The van der Waals surface area contributed by atoms with Gasteiger partial charge in [-0.2, -0.15) is 0 Å². The lowest BCUT2D eigenvalue weighted by molar-refractivity contribution is -0.147. The lowest BCUT2D eigenvalue weighted by Crippen LogP contribution is -2.61. The fourth-order valence-electron chi connectivity index (χ4n) is 7.03. The van der Waals surface area contributed by atoms with E-state index in [-0.39, 0.29) is 28.5 Å². The number of carbonyl (C=O) groups is 2. The van der Waals surface area contributed by atoms with Crippen molar-refractivity contribution >= 4 is 17.1 Å². The molecule has 1 aromatic carbocycles. The third kappa shape index (κ3) is 1.98. The van der Waals surface area contributed by atoms with Crippen LogP contribution in [0.2, 0.25) is 0 Å². The van der Waals surface area contributed by atoms with E-state index in [4.69, 9.17) is 0 Å². The molecule has 0 aromatic heterocycles. The maximum absolute atomic E-state index is 13.5. The van der Waals surface area contributed by atoms with E-state index in [2.05, 4.69) is 39.0 Å². The van der Waals surface area contributed by atoms with Crippen molar-refractivity contribution in [2.45, 2.75) is 52.6 Å². The summed E-state index contributed by atoms with van der Waals surface area (Å²) < 4.78 is 0. The molecule has 0 saturated heterocycles. The molecule has 1 N–H and O–H groups in total. The first-order valence-corrected chi connectivity index (χ1v) is 10.5. The monoisotopic (exact) mass is 376 g/mol. The summed E-state index contributed by atoms with van der Waals surface area (Å²) >= 11 is 0. The van der Waals surface area contributed by atoms with Crippen molar-refractivity contribution in [1.29, 1.82) is 0 Å². The highest BCUT2D eigenvalue weighted by Gasteiger charge is 2.66. The Morgan fingerprint density at radius 3 is 2.39 bits per heavy atom. The number of ketones is 2. The lowest BCUT2D eigenvalue weighted by atomic mass is 9.40. The first kappa shape index (κ1) is 18.1. The molecule has 28 heavy (non-hydrogen) atoms. The predicted octanol–water partition coefficient (Wildman–Crippen LogP) is 4.36. The third-order valence-electron chi connectivity index (χ3n) is 8.50. The van der Waals surface area contributed by atoms with E-state index in [1.165, 1.54) is 0 Å². The number of aliphatic hydroxyl groups is 1. The van der Waals surface area contributed by atoms with Crippen LogP contribution in [0, 0.1) is 28.1 Å². The number of hydrogen-bond donors (Lipinski definition) is 1. The van der Waals surface area contributed by atoms with Gasteiger partial charge in [0, 0.05) is 0 Å². The second-order valence-corrected chi connectivity index (χ2v) is 10.0. The molecule has 146 valence electrons. The van der Waals surface area contributed by atoms with E-state index in [9.17, 15) is 14.7 Å². The molecule has 5 aliphatic carbocycles. The van der Waals surface area contributed by atoms with Crippen molar-refractivity contribution in [3.63, 3.8) is 0 Å². The highest BCUT2D eigenvalue weighted by Crippen LogP contribution is 2.69. The van der Waals surface area contributed by atoms with Crippen molar-refractivity contribution < 1.29 is 14.7 Å². The molecule has 1 spiro atoms. The molecular weight excluding hydrogens is 348 g/mol. The number of carbonyl (C=O) groups excluding carboxylic acids is 2. The van der Waals surface area contributed by atoms with Crippen molar-refractivity contribution in [2.75, 3.05) is 0 Å². The number of allylic oxidation sites excluding steroid dienone is 4. The van der Waals surface area contributed by atoms with Crippen molar-refractivity contribution in [3.8, 4) is 0 Å². The maximum atomic E-state index is 13.5. The highest BCUT2D eigenvalue weighted by atomic mass is 16.3. The zero-order valence-electron chi connectivity index (χ0n) is 16.9. The molecule has 0 unspecified atom stereocenters. The fraction of sp³-hybridized carbons (Fsp3) is 0.520. The van der Waals surface area contributed by atoms with Gasteiger partial charge in [0.1, 0.15) is 0 Å². The van der Waals surface area contributed by atoms with Gasteiger partial charge in [0.15, 0.2) is 0 Å². The van der Waals surface area contributed by atoms with Gasteiger partial charge in [-0.1, -0.05) is 63.3 Å². The zero-order valence-corrected chi connectivity index (χ0v) is 16.9. The topological polar surface area (TPSA) is 54.4 Å². The Morgan fingerprint density at radius 1 is 0.964 bits per heavy atom. The molecule has 0 heterocycles. The molecule has 0 radical (unpaired) electrons. The minimum atomic E-state index is -0.809. The van der Waals surface area contributed by atoms with Gasteiger partial charge in [0.2, 0.25) is 11.6 Å². The molecule has 0 amide bonds. The molecule has 5 aliphatic rings. The number of hydrogen-bond acceptors (Lipinski definition) is 3. The smallest absolute Gasteiger partial charge is 0.213 e. The van der Waals surface area contributed by atoms with Gasteiger partial charge in [0.25, 0.3) is 0 Å². The maximum Gasteiger partial charge on any atom is 0.213 e. The Hall–Kier alpha value is -2.00. The standard InChI is InChI=1S/C25H28O3/c1-23(2)18-9-12-25-17(15-7-5-4-6-8-15)13-16(21(27)22(25)28)14-19(25)24(18,3)11-10-20(23)26/h4-8,13-14,16,18,20,26H,9-12H2,1-3H3/t16-,18+,20+,24+,25+/m0/s1. The van der Waals surface area contributed by atoms with Gasteiger partial charge >= 0.3 is 0 Å². The molecule has 3 heteroatoms. The van der Waals surface area contributed by atoms with E-state index in [1.54, 1.807) is 0 Å². The first-order valence-electron chi connectivity index (χ1n) is 10.5. The average molecular weight is 376 g/mol. The normalized spacial score (nSPS) is 41.1. The molecule has 2 bridgehead atoms. The Balaban J connectivity index is 1.71. The minimum absolute atomic E-state index is 0.163. The van der Waals surface area contributed by atoms with Crippen LogP contribution in [-0.2, 0) is 9.59 Å². The van der Waals surface area contributed by atoms with Crippen LogP contribution in [-0.4, -0.2) is 22.8 Å². The molecule has 2 fully saturated rings. The van der Waals surface area contributed by atoms with Crippen LogP contribution < -0.4 is 0 Å². The van der Waals surface area contributed by atoms with Crippen molar-refractivity contribution in [1.82, 2.24) is 0 Å². The molecule has 6 rings (SSSR count). The number of Topliss-reactive ketones (excluding diaryl/α,β-unsaturated/α-hetero) is 2. The van der Waals surface area contributed by atoms with Crippen LogP contribution in [0.25, 0.3) is 5.57 Å². The van der Waals surface area contributed by atoms with Crippen LogP contribution in [0.5, 0.6) is 0 Å². The molecule has 0 aliphatic heterocycles. The summed E-state index contributed by atoms with van der Waals surface area (Å²) in [6, 6.07) is 10.1. The Kier molecular flexibility index (Phi) is 3.57. The van der Waals surface area contributed by atoms with E-state index in [1.807, 2.05) is 24.3 Å². The van der Waals surface area contributed by atoms with Gasteiger partial charge in [0.05, 0.1) is 17.4 Å². The van der Waals surface area contributed by atoms with Crippen LogP contribution in [0.4, 0.5) is 0 Å². The Morgan fingerprint density at radius 2 is 1.68 bits per heavy atom. The summed E-state index contributed by atoms with van der Waals surface area (Å²) in [7, 11) is 0. The molecule has 3 nitrogen and oxygen atoms in total. The number of rotatable bonds is 1. The first-order chi connectivity index (χ1) is 13.2. The number of fused-ring (bicyclic) bond motifs is 2. The Bertz CT molecular complexity index is 938. The van der Waals surface area contributed by atoms with E-state index in [0.29, 0.717) is 12.3 Å². The highest BCUT2D eigenvalue weighted by molar-refractivity contribution is 6.46. The third-order valence-corrected chi connectivity index (χ3v) is 8.50. The minimum Gasteiger partial charge on any atom is -0.393 e. The van der Waals surface area contributed by atoms with Crippen LogP contribution in [0.1, 0.15) is 52.0 Å². The van der Waals surface area contributed by atoms with Crippen LogP contribution >= 0.6 is 0 Å². The van der Waals surface area contributed by atoms with Gasteiger partial charge in [-0.3, -0.25) is 9.59 Å². The van der Waals surface area contributed by atoms with Crippen molar-refractivity contribution in [2.24, 2.45) is 28.1 Å². The number of aliphatic hydroxyl groups excluding tert-OH is 1. The molecule has 1 aromatic rings. The fourth-order valence-corrected chi connectivity index (χ4v) is 7.03. The largest absolute Gasteiger partial charge is 0.393 e. The summed E-state index contributed by atoms with van der Waals surface area (Å²) in [6.07, 6.45) is 6.95. The van der Waals surface area contributed by atoms with Gasteiger partial charge < -0.3 is 5.11 Å². The Labute approximate surface area is 166 Å². The second kappa shape index (κ2) is 5.54. The van der Waals surface area contributed by atoms with Crippen LogP contribution in [0.3, 0.4) is 0 Å². The lowest BCUT2D eigenvalue weighted by Gasteiger charge is -2.63. The average Bonchev–Trinajstić information content (AvgIpc) is 2.69. The number of benzene rings is 1. The van der Waals surface area contributed by atoms with Crippen LogP contribution in [0.15, 0.2) is 48.1 Å². The van der Waals surface area contributed by atoms with E-state index >= 15 is 0 Å². The second-order valence-electron chi connectivity index (χ2n) is 10.0. The molecular formula is C25H28O3. The SMILES string of the molecule is CC1(C)[C@H](O)CC[C@@]2(C)C3=C[C@@H]4C=C(c5ccccc5)[C@@]3(CC[C@H]12)C(=O)C4=O. The summed E-state index contributed by atoms with van der Waals surface area (Å²) in [5.41, 5.74) is 2.07. The molecule has 2 saturated carbocycles. The van der Waals surface area contributed by atoms with Gasteiger partial charge in [-0.15, -0.1) is 0 Å². The predicted molar refractivity (Wildman–Crippen MR) is 108 cm³/mol. The van der Waals surface area contributed by atoms with Gasteiger partial charge in [-0.25, -0.2) is 0 Å². The van der Waals surface area contributed by atoms with E-state index < -0.39 is 11.3 Å². The van der Waals surface area contributed by atoms with E-state index in [0.717, 1.165) is 36.0 Å². The summed E-state index contributed by atoms with van der Waals surface area (Å²) in [4.78, 5) is 26.3. The summed E-state index contributed by atoms with van der Waals surface area (Å²) in [5, 5.41) is 10.7. The quantitative estimate of drug-likeness (QED) is 0.585. The summed E-state index contributed by atoms with van der Waals surface area (Å²) in [6.45, 7) is 6.61. The van der Waals surface area contributed by atoms with Crippen molar-refractivity contribution in [3.05, 3.63) is 53.6 Å². The summed E-state index contributed by atoms with van der Waals surface area (Å²) in [5.74, 6) is -0.592. The van der Waals surface area contributed by atoms with Gasteiger partial charge in [-0.05, 0) is 59.1 Å². The molecule has 5 atom stereocenters.